The summed E-state index contributed by atoms with van der Waals surface area (Å²) in [6, 6.07) is 29.3. The summed E-state index contributed by atoms with van der Waals surface area (Å²) in [5.74, 6) is 0. The van der Waals surface area contributed by atoms with Crippen molar-refractivity contribution in [2.75, 3.05) is 0 Å². The van der Waals surface area contributed by atoms with Crippen LogP contribution in [0.1, 0.15) is 71.6 Å². The van der Waals surface area contributed by atoms with Crippen LogP contribution in [0.3, 0.4) is 0 Å². The molecular weight excluding hydrogens is 687 g/mol. The summed E-state index contributed by atoms with van der Waals surface area (Å²) in [5.41, 5.74) is 17.3. The van der Waals surface area contributed by atoms with E-state index in [1.165, 1.54) is 74.5 Å². The van der Waals surface area contributed by atoms with Crippen molar-refractivity contribution >= 4 is 18.4 Å². The Bertz CT molecular complexity index is 1700. The molecule has 0 nitrogen and oxygen atoms in total. The van der Waals surface area contributed by atoms with Gasteiger partial charge in [-0.15, -0.1) is 0 Å². The number of benzene rings is 4. The Kier molecular flexibility index (Phi) is 7.86. The number of unbranched alkanes of at least 4 members (excludes halogenated alkanes) is 1. The molecule has 0 fully saturated rings. The first-order valence-corrected chi connectivity index (χ1v) is 34.9. The molecule has 4 aromatic carbocycles. The second-order valence-electron chi connectivity index (χ2n) is 13.9. The Labute approximate surface area is 255 Å². The van der Waals surface area contributed by atoms with E-state index in [9.17, 15) is 0 Å². The van der Waals surface area contributed by atoms with Gasteiger partial charge in [-0.25, -0.2) is 0 Å². The van der Waals surface area contributed by atoms with Crippen molar-refractivity contribution in [3.63, 3.8) is 0 Å². The van der Waals surface area contributed by atoms with Crippen LogP contribution in [0.4, 0.5) is 0 Å². The maximum absolute atomic E-state index is 3.68. The van der Waals surface area contributed by atoms with Crippen molar-refractivity contribution in [3.8, 4) is 22.3 Å². The third-order valence-corrected chi connectivity index (χ3v) is 53.5. The zero-order valence-electron chi connectivity index (χ0n) is 26.6. The third kappa shape index (κ3) is 4.74. The van der Waals surface area contributed by atoms with Gasteiger partial charge in [0.05, 0.1) is 0 Å². The fraction of sp³-hybridized carbons (Fsp3) is 0.300. The van der Waals surface area contributed by atoms with Gasteiger partial charge in [-0.2, -0.15) is 0 Å². The molecule has 2 heteroatoms. The third-order valence-electron chi connectivity index (χ3n) is 11.0. The molecule has 0 bridgehead atoms. The second-order valence-corrected chi connectivity index (χ2v) is 58.3. The molecule has 2 aliphatic rings. The Morgan fingerprint density at radius 3 is 1.48 bits per heavy atom. The molecule has 42 heavy (non-hydrogen) atoms. The summed E-state index contributed by atoms with van der Waals surface area (Å²) in [5, 5.41) is 0. The van der Waals surface area contributed by atoms with Gasteiger partial charge in [0.25, 0.3) is 0 Å². The van der Waals surface area contributed by atoms with Crippen molar-refractivity contribution in [1.29, 1.82) is 0 Å². The minimum atomic E-state index is -3.68. The summed E-state index contributed by atoms with van der Waals surface area (Å²) >= 11 is -3.68. The average molecular weight is 733 g/mol. The topological polar surface area (TPSA) is 0 Å². The van der Waals surface area contributed by atoms with E-state index < -0.39 is 17.1 Å². The fourth-order valence-corrected chi connectivity index (χ4v) is 47.6. The van der Waals surface area contributed by atoms with E-state index in [0.29, 0.717) is 13.6 Å². The molecule has 0 amide bonds. The maximum atomic E-state index is 2.85. The molecule has 0 aliphatic heterocycles. The first kappa shape index (κ1) is 29.5. The van der Waals surface area contributed by atoms with Crippen LogP contribution >= 0.6 is 0 Å². The average Bonchev–Trinajstić information content (AvgIpc) is 3.63. The zero-order valence-corrected chi connectivity index (χ0v) is 31.3. The quantitative estimate of drug-likeness (QED) is 0.131. The van der Waals surface area contributed by atoms with E-state index >= 15 is 0 Å². The van der Waals surface area contributed by atoms with Gasteiger partial charge < -0.3 is 0 Å². The van der Waals surface area contributed by atoms with Gasteiger partial charge >= 0.3 is 257 Å². The van der Waals surface area contributed by atoms with Gasteiger partial charge in [0, 0.05) is 0 Å². The molecule has 0 N–H and O–H groups in total. The van der Waals surface area contributed by atoms with Gasteiger partial charge in [0.15, 0.2) is 0 Å². The zero-order chi connectivity index (χ0) is 29.7. The van der Waals surface area contributed by atoms with Crippen LogP contribution < -0.4 is 0 Å². The Morgan fingerprint density at radius 2 is 1.02 bits per heavy atom. The first-order chi connectivity index (χ1) is 20.1. The number of allylic oxidation sites excluding steroid dienone is 2. The Hall–Kier alpha value is -2.55. The molecule has 214 valence electrons. The van der Waals surface area contributed by atoms with E-state index in [1.54, 1.807) is 11.1 Å². The molecule has 2 aliphatic carbocycles. The summed E-state index contributed by atoms with van der Waals surface area (Å²) in [4.78, 5) is 0. The van der Waals surface area contributed by atoms with Gasteiger partial charge in [0.1, 0.15) is 0 Å². The predicted octanol–water partition coefficient (Wildman–Crippen LogP) is 11.4. The van der Waals surface area contributed by atoms with E-state index in [2.05, 4.69) is 141 Å². The second kappa shape index (κ2) is 11.2. The van der Waals surface area contributed by atoms with Gasteiger partial charge in [0.2, 0.25) is 0 Å². The summed E-state index contributed by atoms with van der Waals surface area (Å²) in [7, 11) is 0. The van der Waals surface area contributed by atoms with Gasteiger partial charge in [-0.3, -0.25) is 0 Å². The van der Waals surface area contributed by atoms with Gasteiger partial charge in [-0.05, 0) is 0 Å². The molecule has 0 aromatic heterocycles. The molecular formula is C40H46HfSi. The van der Waals surface area contributed by atoms with Crippen LogP contribution in [0.25, 0.3) is 34.4 Å². The molecule has 0 saturated carbocycles. The molecule has 4 aromatic rings. The van der Waals surface area contributed by atoms with Gasteiger partial charge in [-0.1, -0.05) is 0 Å². The number of hydrogen-bond donors (Lipinski definition) is 0. The number of fused-ring (bicyclic) bond motifs is 2. The van der Waals surface area contributed by atoms with E-state index in [-0.39, 0.29) is 0 Å². The van der Waals surface area contributed by atoms with Crippen LogP contribution in [0.2, 0.25) is 15.4 Å². The SMILES string of the molecule is CCCC[SiH]=[Hf]([CH3])([CH3])([CH]1C=Cc2c(-c3cccc(C)c3C)cccc21)[CH]1C=Cc2c(-c3cccc(C)c3C)cccc21. The molecule has 0 saturated heterocycles. The number of hydrogen-bond acceptors (Lipinski definition) is 0. The molecule has 2 atom stereocenters. The van der Waals surface area contributed by atoms with Crippen LogP contribution in [0.15, 0.2) is 84.9 Å². The van der Waals surface area contributed by atoms with Crippen LogP contribution in [0, 0.1) is 27.7 Å². The van der Waals surface area contributed by atoms with E-state index in [1.807, 2.05) is 0 Å². The Balaban J connectivity index is 1.52. The fourth-order valence-electron chi connectivity index (χ4n) is 8.03. The summed E-state index contributed by atoms with van der Waals surface area (Å²) in [6.45, 7) is 11.4. The molecule has 2 unspecified atom stereocenters. The van der Waals surface area contributed by atoms with Crippen molar-refractivity contribution in [1.82, 2.24) is 0 Å². The molecule has 0 radical (unpaired) electrons. The predicted molar refractivity (Wildman–Crippen MR) is 185 cm³/mol. The molecule has 0 heterocycles. The Morgan fingerprint density at radius 1 is 0.595 bits per heavy atom. The summed E-state index contributed by atoms with van der Waals surface area (Å²) in [6.07, 6.45) is 13.4. The van der Waals surface area contributed by atoms with Crippen LogP contribution in [0.5, 0.6) is 0 Å². The minimum absolute atomic E-state index is 0.392. The van der Waals surface area contributed by atoms with Crippen molar-refractivity contribution in [2.24, 2.45) is 0 Å². The van der Waals surface area contributed by atoms with E-state index in [0.717, 1.165) is 0 Å². The first-order valence-electron chi connectivity index (χ1n) is 15.9. The van der Waals surface area contributed by atoms with Crippen molar-refractivity contribution < 1.29 is 17.1 Å². The number of rotatable bonds is 7. The molecule has 0 spiro atoms. The standard InChI is InChI=1S/2C17H15.C4H10Si.2CH3.Hf/c2*1-12-6-3-9-15(13(12)2)17-11-5-8-14-7-4-10-16(14)17;1-2-3-4-5;;;/h2*3-11H,1-2H3;5H,2-4H2,1H3;2*1H3;. The normalized spacial score (nSPS) is 17.4. The number of aryl methyl sites for hydroxylation is 2. The van der Waals surface area contributed by atoms with Crippen molar-refractivity contribution in [2.45, 2.75) is 70.2 Å². The van der Waals surface area contributed by atoms with Crippen LogP contribution in [-0.2, 0) is 17.1 Å². The van der Waals surface area contributed by atoms with E-state index in [4.69, 9.17) is 0 Å². The van der Waals surface area contributed by atoms with Crippen LogP contribution in [-0.4, -0.2) is 6.22 Å². The monoisotopic (exact) mass is 734 g/mol. The van der Waals surface area contributed by atoms with Crippen molar-refractivity contribution in [3.05, 3.63) is 129 Å². The summed E-state index contributed by atoms with van der Waals surface area (Å²) < 4.78 is 6.87. The molecule has 6 rings (SSSR count).